The second-order valence-electron chi connectivity index (χ2n) is 6.00. The summed E-state index contributed by atoms with van der Waals surface area (Å²) in [7, 11) is 0. The number of hydrogen-bond acceptors (Lipinski definition) is 7. The van der Waals surface area contributed by atoms with Crippen molar-refractivity contribution in [2.75, 3.05) is 11.9 Å². The van der Waals surface area contributed by atoms with Gasteiger partial charge in [-0.3, -0.25) is 9.59 Å². The fraction of sp³-hybridized carbons (Fsp3) is 0.333. The van der Waals surface area contributed by atoms with Gasteiger partial charge < -0.3 is 15.4 Å². The van der Waals surface area contributed by atoms with Gasteiger partial charge in [-0.2, -0.15) is 4.52 Å². The molecule has 0 saturated heterocycles. The summed E-state index contributed by atoms with van der Waals surface area (Å²) >= 11 is 1.23. The highest BCUT2D eigenvalue weighted by Crippen LogP contribution is 2.17. The Morgan fingerprint density at radius 3 is 2.78 bits per heavy atom. The molecule has 0 aliphatic carbocycles. The summed E-state index contributed by atoms with van der Waals surface area (Å²) in [6, 6.07) is 8.49. The Morgan fingerprint density at radius 2 is 2.07 bits per heavy atom. The largest absolute Gasteiger partial charge is 0.494 e. The number of rotatable bonds is 7. The molecule has 3 rings (SSSR count). The van der Waals surface area contributed by atoms with Gasteiger partial charge in [0.2, 0.25) is 16.0 Å². The summed E-state index contributed by atoms with van der Waals surface area (Å²) < 4.78 is 6.63. The molecule has 1 aromatic carbocycles. The number of nitrogens with zero attached hydrogens (tertiary/aromatic N) is 3. The molecule has 0 spiro atoms. The molecule has 1 atom stereocenters. The van der Waals surface area contributed by atoms with Crippen molar-refractivity contribution >= 4 is 27.3 Å². The highest BCUT2D eigenvalue weighted by molar-refractivity contribution is 7.20. The summed E-state index contributed by atoms with van der Waals surface area (Å²) in [4.78, 5) is 29.0. The Balaban J connectivity index is 1.59. The van der Waals surface area contributed by atoms with Crippen molar-refractivity contribution < 1.29 is 9.53 Å². The van der Waals surface area contributed by atoms with Gasteiger partial charge in [0.25, 0.3) is 5.56 Å². The maximum Gasteiger partial charge on any atom is 0.275 e. The van der Waals surface area contributed by atoms with E-state index in [0.717, 1.165) is 11.3 Å². The number of carbonyl (C=O) groups excluding carboxylic acids is 1. The smallest absolute Gasteiger partial charge is 0.275 e. The highest BCUT2D eigenvalue weighted by Gasteiger charge is 2.15. The lowest BCUT2D eigenvalue weighted by Gasteiger charge is -2.13. The zero-order chi connectivity index (χ0) is 19.4. The molecule has 0 saturated carbocycles. The molecule has 0 radical (unpaired) electrons. The monoisotopic (exact) mass is 387 g/mol. The van der Waals surface area contributed by atoms with E-state index in [9.17, 15) is 9.59 Å². The number of aryl methyl sites for hydroxylation is 1. The number of amides is 1. The van der Waals surface area contributed by atoms with Gasteiger partial charge in [-0.15, -0.1) is 5.10 Å². The Labute approximate surface area is 160 Å². The third kappa shape index (κ3) is 4.62. The van der Waals surface area contributed by atoms with E-state index in [0.29, 0.717) is 28.9 Å². The SMILES string of the molecule is CCOc1ccc(CNC(=O)C(C)Nc2nn3c(=O)cc(C)nc3s2)cc1. The topological polar surface area (TPSA) is 97.6 Å². The summed E-state index contributed by atoms with van der Waals surface area (Å²) in [5.41, 5.74) is 1.37. The maximum atomic E-state index is 12.3. The average molecular weight is 387 g/mol. The van der Waals surface area contributed by atoms with Crippen LogP contribution in [0.15, 0.2) is 35.1 Å². The molecule has 0 fully saturated rings. The minimum absolute atomic E-state index is 0.167. The predicted molar refractivity (Wildman–Crippen MR) is 104 cm³/mol. The van der Waals surface area contributed by atoms with Crippen LogP contribution in [0.1, 0.15) is 25.1 Å². The van der Waals surface area contributed by atoms with Crippen LogP contribution in [0.25, 0.3) is 4.96 Å². The van der Waals surface area contributed by atoms with Crippen LogP contribution in [-0.2, 0) is 11.3 Å². The molecular formula is C18H21N5O3S. The van der Waals surface area contributed by atoms with E-state index in [1.165, 1.54) is 21.9 Å². The maximum absolute atomic E-state index is 12.3. The van der Waals surface area contributed by atoms with Crippen LogP contribution in [0, 0.1) is 6.92 Å². The minimum atomic E-state index is -0.509. The molecule has 0 aliphatic heterocycles. The fourth-order valence-electron chi connectivity index (χ4n) is 2.44. The normalized spacial score (nSPS) is 12.0. The van der Waals surface area contributed by atoms with Crippen LogP contribution in [0.2, 0.25) is 0 Å². The molecule has 9 heteroatoms. The summed E-state index contributed by atoms with van der Waals surface area (Å²) in [6.45, 7) is 6.46. The van der Waals surface area contributed by atoms with E-state index >= 15 is 0 Å². The zero-order valence-electron chi connectivity index (χ0n) is 15.4. The number of fused-ring (bicyclic) bond motifs is 1. The van der Waals surface area contributed by atoms with Crippen LogP contribution in [0.5, 0.6) is 5.75 Å². The number of ether oxygens (including phenoxy) is 1. The van der Waals surface area contributed by atoms with Crippen molar-refractivity contribution in [2.24, 2.45) is 0 Å². The van der Waals surface area contributed by atoms with E-state index in [1.807, 2.05) is 31.2 Å². The van der Waals surface area contributed by atoms with Crippen LogP contribution < -0.4 is 20.9 Å². The molecule has 0 bridgehead atoms. The van der Waals surface area contributed by atoms with Gasteiger partial charge in [0.05, 0.1) is 6.61 Å². The summed E-state index contributed by atoms with van der Waals surface area (Å²) in [6.07, 6.45) is 0. The molecule has 2 aromatic heterocycles. The number of hydrogen-bond donors (Lipinski definition) is 2. The number of benzene rings is 1. The first-order chi connectivity index (χ1) is 13.0. The van der Waals surface area contributed by atoms with Gasteiger partial charge in [-0.1, -0.05) is 23.5 Å². The molecule has 2 heterocycles. The van der Waals surface area contributed by atoms with Crippen molar-refractivity contribution in [1.82, 2.24) is 19.9 Å². The van der Waals surface area contributed by atoms with Crippen molar-refractivity contribution in [3.05, 3.63) is 51.9 Å². The van der Waals surface area contributed by atoms with E-state index < -0.39 is 6.04 Å². The first-order valence-corrected chi connectivity index (χ1v) is 9.41. The third-order valence-corrected chi connectivity index (χ3v) is 4.65. The molecule has 3 aromatic rings. The van der Waals surface area contributed by atoms with Gasteiger partial charge in [-0.05, 0) is 38.5 Å². The van der Waals surface area contributed by atoms with E-state index in [-0.39, 0.29) is 11.5 Å². The fourth-order valence-corrected chi connectivity index (χ4v) is 3.38. The molecule has 142 valence electrons. The predicted octanol–water partition coefficient (Wildman–Crippen LogP) is 1.97. The molecule has 8 nitrogen and oxygen atoms in total. The van der Waals surface area contributed by atoms with E-state index in [4.69, 9.17) is 4.74 Å². The third-order valence-electron chi connectivity index (χ3n) is 3.81. The van der Waals surface area contributed by atoms with Crippen molar-refractivity contribution in [3.8, 4) is 5.75 Å². The molecule has 1 unspecified atom stereocenters. The highest BCUT2D eigenvalue weighted by atomic mass is 32.1. The zero-order valence-corrected chi connectivity index (χ0v) is 16.2. The Morgan fingerprint density at radius 1 is 1.33 bits per heavy atom. The first-order valence-electron chi connectivity index (χ1n) is 8.59. The van der Waals surface area contributed by atoms with Gasteiger partial charge >= 0.3 is 0 Å². The molecule has 1 amide bonds. The van der Waals surface area contributed by atoms with Gasteiger partial charge in [0.15, 0.2) is 0 Å². The van der Waals surface area contributed by atoms with Crippen LogP contribution in [-0.4, -0.2) is 33.2 Å². The lowest BCUT2D eigenvalue weighted by atomic mass is 10.2. The lowest BCUT2D eigenvalue weighted by molar-refractivity contribution is -0.121. The number of nitrogens with one attached hydrogen (secondary N) is 2. The van der Waals surface area contributed by atoms with Crippen LogP contribution in [0.4, 0.5) is 5.13 Å². The van der Waals surface area contributed by atoms with E-state index in [2.05, 4.69) is 20.7 Å². The second-order valence-corrected chi connectivity index (χ2v) is 6.95. The van der Waals surface area contributed by atoms with Crippen LogP contribution >= 0.6 is 11.3 Å². The molecule has 2 N–H and O–H groups in total. The number of aromatic nitrogens is 3. The van der Waals surface area contributed by atoms with Crippen molar-refractivity contribution in [1.29, 1.82) is 0 Å². The standard InChI is InChI=1S/C18H21N5O3S/c1-4-26-14-7-5-13(6-8-14)10-19-16(25)12(3)21-17-22-23-15(24)9-11(2)20-18(23)27-17/h5-9,12H,4,10H2,1-3H3,(H,19,25)(H,21,22). The molecule has 27 heavy (non-hydrogen) atoms. The number of carbonyl (C=O) groups is 1. The van der Waals surface area contributed by atoms with Crippen molar-refractivity contribution in [2.45, 2.75) is 33.4 Å². The van der Waals surface area contributed by atoms with Crippen molar-refractivity contribution in [3.63, 3.8) is 0 Å². The number of anilines is 1. The average Bonchev–Trinajstić information content (AvgIpc) is 3.03. The second kappa shape index (κ2) is 8.17. The van der Waals surface area contributed by atoms with E-state index in [1.54, 1.807) is 13.8 Å². The molecule has 0 aliphatic rings. The Bertz CT molecular complexity index is 996. The molecular weight excluding hydrogens is 366 g/mol. The minimum Gasteiger partial charge on any atom is -0.494 e. The lowest BCUT2D eigenvalue weighted by Crippen LogP contribution is -2.37. The van der Waals surface area contributed by atoms with Gasteiger partial charge in [0, 0.05) is 18.3 Å². The quantitative estimate of drug-likeness (QED) is 0.643. The van der Waals surface area contributed by atoms with Crippen LogP contribution in [0.3, 0.4) is 0 Å². The summed E-state index contributed by atoms with van der Waals surface area (Å²) in [5.74, 6) is 0.636. The first kappa shape index (κ1) is 18.8. The summed E-state index contributed by atoms with van der Waals surface area (Å²) in [5, 5.41) is 10.5. The van der Waals surface area contributed by atoms with Gasteiger partial charge in [-0.25, -0.2) is 4.98 Å². The Hall–Kier alpha value is -2.94. The van der Waals surface area contributed by atoms with Gasteiger partial charge in [0.1, 0.15) is 11.8 Å². The Kier molecular flexibility index (Phi) is 5.70.